The molecular formula is C16H30N4O. The van der Waals surface area contributed by atoms with E-state index in [-0.39, 0.29) is 12.0 Å². The summed E-state index contributed by atoms with van der Waals surface area (Å²) in [6.07, 6.45) is 5.42. The summed E-state index contributed by atoms with van der Waals surface area (Å²) < 4.78 is 0. The average molecular weight is 294 g/mol. The number of rotatable bonds is 10. The fourth-order valence-electron chi connectivity index (χ4n) is 2.35. The Balaban J connectivity index is 2.87. The topological polar surface area (TPSA) is 70.1 Å². The minimum Gasteiger partial charge on any atom is -0.396 e. The van der Waals surface area contributed by atoms with Gasteiger partial charge in [0.2, 0.25) is 0 Å². The monoisotopic (exact) mass is 294 g/mol. The first-order chi connectivity index (χ1) is 10.2. The van der Waals surface area contributed by atoms with Gasteiger partial charge in [0.25, 0.3) is 0 Å². The van der Waals surface area contributed by atoms with Gasteiger partial charge in [-0.1, -0.05) is 27.7 Å². The van der Waals surface area contributed by atoms with Gasteiger partial charge in [0.05, 0.1) is 6.61 Å². The minimum atomic E-state index is -0.0764. The van der Waals surface area contributed by atoms with Gasteiger partial charge in [0.15, 0.2) is 0 Å². The zero-order valence-corrected chi connectivity index (χ0v) is 13.9. The lowest BCUT2D eigenvalue weighted by Gasteiger charge is -2.30. The van der Waals surface area contributed by atoms with Crippen LogP contribution in [0.15, 0.2) is 6.33 Å². The average Bonchev–Trinajstić information content (AvgIpc) is 2.54. The lowest BCUT2D eigenvalue weighted by atomic mass is 9.83. The summed E-state index contributed by atoms with van der Waals surface area (Å²) in [5, 5.41) is 16.4. The molecule has 5 heteroatoms. The Morgan fingerprint density at radius 3 is 2.14 bits per heavy atom. The van der Waals surface area contributed by atoms with E-state index in [0.29, 0.717) is 0 Å². The molecule has 0 bridgehead atoms. The predicted molar refractivity (Wildman–Crippen MR) is 88.8 cm³/mol. The number of nitrogens with one attached hydrogen (secondary N) is 2. The summed E-state index contributed by atoms with van der Waals surface area (Å²) in [7, 11) is 0. The number of hydrogen-bond donors (Lipinski definition) is 3. The summed E-state index contributed by atoms with van der Waals surface area (Å²) in [5.74, 6) is 1.80. The van der Waals surface area contributed by atoms with Gasteiger partial charge in [0.1, 0.15) is 18.0 Å². The van der Waals surface area contributed by atoms with Crippen molar-refractivity contribution in [2.45, 2.75) is 53.4 Å². The molecule has 0 saturated carbocycles. The molecule has 120 valence electrons. The van der Waals surface area contributed by atoms with Gasteiger partial charge in [-0.3, -0.25) is 0 Å². The summed E-state index contributed by atoms with van der Waals surface area (Å²) in [5.41, 5.74) is 1.04. The number of aromatic nitrogens is 2. The van der Waals surface area contributed by atoms with E-state index in [0.717, 1.165) is 56.0 Å². The molecule has 0 saturated heterocycles. The molecule has 0 unspecified atom stereocenters. The lowest BCUT2D eigenvalue weighted by molar-refractivity contribution is 0.127. The van der Waals surface area contributed by atoms with Crippen LogP contribution in [0.1, 0.15) is 52.5 Å². The van der Waals surface area contributed by atoms with Gasteiger partial charge in [-0.25, -0.2) is 9.97 Å². The second-order valence-corrected chi connectivity index (χ2v) is 5.55. The van der Waals surface area contributed by atoms with Crippen molar-refractivity contribution in [1.29, 1.82) is 0 Å². The van der Waals surface area contributed by atoms with Crippen molar-refractivity contribution >= 4 is 11.6 Å². The van der Waals surface area contributed by atoms with Crippen LogP contribution in [0.5, 0.6) is 0 Å². The molecular weight excluding hydrogens is 264 g/mol. The highest BCUT2D eigenvalue weighted by Crippen LogP contribution is 2.27. The highest BCUT2D eigenvalue weighted by atomic mass is 16.3. The molecule has 0 atom stereocenters. The van der Waals surface area contributed by atoms with E-state index in [1.165, 1.54) is 0 Å². The van der Waals surface area contributed by atoms with Gasteiger partial charge >= 0.3 is 0 Å². The third-order valence-electron chi connectivity index (χ3n) is 4.31. The van der Waals surface area contributed by atoms with Crippen molar-refractivity contribution in [3.63, 3.8) is 0 Å². The molecule has 3 N–H and O–H groups in total. The smallest absolute Gasteiger partial charge is 0.134 e. The number of aliphatic hydroxyl groups is 1. The first kappa shape index (κ1) is 17.7. The largest absolute Gasteiger partial charge is 0.396 e. The van der Waals surface area contributed by atoms with E-state index in [1.807, 2.05) is 0 Å². The summed E-state index contributed by atoms with van der Waals surface area (Å²) >= 11 is 0. The van der Waals surface area contributed by atoms with Crippen molar-refractivity contribution in [2.24, 2.45) is 5.41 Å². The highest BCUT2D eigenvalue weighted by molar-refractivity contribution is 5.57. The maximum Gasteiger partial charge on any atom is 0.134 e. The van der Waals surface area contributed by atoms with Crippen LogP contribution < -0.4 is 10.6 Å². The van der Waals surface area contributed by atoms with Crippen LogP contribution in [0.2, 0.25) is 0 Å². The normalized spacial score (nSPS) is 11.5. The van der Waals surface area contributed by atoms with Crippen LogP contribution in [0.3, 0.4) is 0 Å². The van der Waals surface area contributed by atoms with Gasteiger partial charge in [-0.15, -0.1) is 0 Å². The third-order valence-corrected chi connectivity index (χ3v) is 4.31. The van der Waals surface area contributed by atoms with E-state index in [4.69, 9.17) is 0 Å². The van der Waals surface area contributed by atoms with E-state index in [2.05, 4.69) is 48.3 Å². The highest BCUT2D eigenvalue weighted by Gasteiger charge is 2.25. The van der Waals surface area contributed by atoms with Gasteiger partial charge in [0, 0.05) is 24.1 Å². The van der Waals surface area contributed by atoms with Crippen LogP contribution in [0.25, 0.3) is 0 Å². The van der Waals surface area contributed by atoms with Crippen LogP contribution in [-0.4, -0.2) is 34.8 Å². The Bertz CT molecular complexity index is 410. The first-order valence-electron chi connectivity index (χ1n) is 8.08. The molecule has 0 amide bonds. The number of anilines is 2. The van der Waals surface area contributed by atoms with Gasteiger partial charge in [-0.2, -0.15) is 0 Å². The number of nitrogens with zero attached hydrogens (tertiary/aromatic N) is 2. The summed E-state index contributed by atoms with van der Waals surface area (Å²) in [6.45, 7) is 10.3. The van der Waals surface area contributed by atoms with Crippen LogP contribution >= 0.6 is 0 Å². The molecule has 0 aliphatic heterocycles. The van der Waals surface area contributed by atoms with E-state index in [9.17, 15) is 5.11 Å². The fraction of sp³-hybridized carbons (Fsp3) is 0.750. The van der Waals surface area contributed by atoms with Crippen molar-refractivity contribution in [1.82, 2.24) is 9.97 Å². The van der Waals surface area contributed by atoms with Crippen molar-refractivity contribution in [3.8, 4) is 0 Å². The van der Waals surface area contributed by atoms with Crippen LogP contribution in [0.4, 0.5) is 11.6 Å². The summed E-state index contributed by atoms with van der Waals surface area (Å²) in [6, 6.07) is 0. The Hall–Kier alpha value is -1.36. The lowest BCUT2D eigenvalue weighted by Crippen LogP contribution is -2.32. The SMILES string of the molecule is CCCNc1ncnc(NCC(CC)(CC)CO)c1CC. The molecule has 1 heterocycles. The molecule has 0 aromatic carbocycles. The molecule has 1 aromatic rings. The van der Waals surface area contributed by atoms with E-state index in [1.54, 1.807) is 6.33 Å². The zero-order chi connectivity index (χ0) is 15.7. The zero-order valence-electron chi connectivity index (χ0n) is 13.9. The Morgan fingerprint density at radius 1 is 1.05 bits per heavy atom. The number of aliphatic hydroxyl groups excluding tert-OH is 1. The Labute approximate surface area is 128 Å². The maximum absolute atomic E-state index is 9.67. The second-order valence-electron chi connectivity index (χ2n) is 5.55. The van der Waals surface area contributed by atoms with Crippen molar-refractivity contribution < 1.29 is 5.11 Å². The fourth-order valence-corrected chi connectivity index (χ4v) is 2.35. The molecule has 0 fully saturated rings. The first-order valence-corrected chi connectivity index (χ1v) is 8.08. The Kier molecular flexibility index (Phi) is 7.43. The van der Waals surface area contributed by atoms with Crippen LogP contribution in [0, 0.1) is 5.41 Å². The molecule has 1 aromatic heterocycles. The molecule has 21 heavy (non-hydrogen) atoms. The number of hydrogen-bond acceptors (Lipinski definition) is 5. The molecule has 0 aliphatic rings. The van der Waals surface area contributed by atoms with Crippen LogP contribution in [-0.2, 0) is 6.42 Å². The van der Waals surface area contributed by atoms with Gasteiger partial charge in [-0.05, 0) is 25.7 Å². The van der Waals surface area contributed by atoms with E-state index >= 15 is 0 Å². The van der Waals surface area contributed by atoms with E-state index < -0.39 is 0 Å². The van der Waals surface area contributed by atoms with Gasteiger partial charge < -0.3 is 15.7 Å². The quantitative estimate of drug-likeness (QED) is 0.618. The molecule has 5 nitrogen and oxygen atoms in total. The summed E-state index contributed by atoms with van der Waals surface area (Å²) in [4.78, 5) is 8.72. The molecule has 0 radical (unpaired) electrons. The third kappa shape index (κ3) is 4.56. The second kappa shape index (κ2) is 8.82. The molecule has 0 spiro atoms. The standard InChI is InChI=1S/C16H30N4O/c1-5-9-17-14-13(6-2)15(20-12-19-14)18-10-16(7-3,8-4)11-21/h12,21H,5-11H2,1-4H3,(H2,17,18,19,20). The minimum absolute atomic E-state index is 0.0764. The molecule has 0 aliphatic carbocycles. The van der Waals surface area contributed by atoms with Crippen molar-refractivity contribution in [2.75, 3.05) is 30.3 Å². The maximum atomic E-state index is 9.67. The predicted octanol–water partition coefficient (Wildman–Crippen LogP) is 3.07. The van der Waals surface area contributed by atoms with Crippen molar-refractivity contribution in [3.05, 3.63) is 11.9 Å². The molecule has 1 rings (SSSR count). The Morgan fingerprint density at radius 2 is 1.67 bits per heavy atom.